The predicted molar refractivity (Wildman–Crippen MR) is 104 cm³/mol. The molecule has 144 valence electrons. The summed E-state index contributed by atoms with van der Waals surface area (Å²) in [5.74, 6) is -1.31. The average Bonchev–Trinajstić information content (AvgIpc) is 3.12. The molecule has 0 unspecified atom stereocenters. The van der Waals surface area contributed by atoms with Gasteiger partial charge in [-0.15, -0.1) is 11.3 Å². The number of carbonyl (C=O) groups is 3. The molecule has 1 aromatic rings. The van der Waals surface area contributed by atoms with Crippen LogP contribution in [0.1, 0.15) is 67.3 Å². The predicted octanol–water partition coefficient (Wildman–Crippen LogP) is 4.04. The molecule has 0 aromatic carbocycles. The molecule has 1 aliphatic heterocycles. The van der Waals surface area contributed by atoms with Crippen LogP contribution in [-0.4, -0.2) is 24.4 Å². The molecule has 0 bridgehead atoms. The second kappa shape index (κ2) is 6.89. The van der Waals surface area contributed by atoms with Gasteiger partial charge in [0.05, 0.1) is 24.0 Å². The Hall–Kier alpha value is -1.95. The largest absolute Gasteiger partial charge is 0.462 e. The van der Waals surface area contributed by atoms with E-state index in [1.54, 1.807) is 6.92 Å². The first-order valence-electron chi connectivity index (χ1n) is 9.78. The van der Waals surface area contributed by atoms with Gasteiger partial charge in [0, 0.05) is 4.88 Å². The Morgan fingerprint density at radius 1 is 1.07 bits per heavy atom. The molecule has 5 nitrogen and oxygen atoms in total. The molecule has 1 saturated heterocycles. The molecule has 1 aromatic heterocycles. The Bertz CT molecular complexity index is 834. The highest BCUT2D eigenvalue weighted by molar-refractivity contribution is 7.17. The first kappa shape index (κ1) is 18.4. The van der Waals surface area contributed by atoms with Gasteiger partial charge in [-0.2, -0.15) is 0 Å². The molecule has 0 spiro atoms. The second-order valence-electron chi connectivity index (χ2n) is 7.81. The summed E-state index contributed by atoms with van der Waals surface area (Å²) in [6.45, 7) is 6.13. The van der Waals surface area contributed by atoms with Gasteiger partial charge < -0.3 is 4.74 Å². The molecular weight excluding hydrogens is 362 g/mol. The third kappa shape index (κ3) is 2.85. The number of rotatable bonds is 3. The van der Waals surface area contributed by atoms with Crippen LogP contribution in [0.3, 0.4) is 0 Å². The number of imide groups is 1. The molecule has 27 heavy (non-hydrogen) atoms. The molecule has 2 heterocycles. The minimum atomic E-state index is -0.409. The maximum absolute atomic E-state index is 13.2. The van der Waals surface area contributed by atoms with E-state index in [1.165, 1.54) is 27.4 Å². The SMILES string of the molecule is CCOC(=O)c1c(N2C(=O)[C@H]3CC(C)=C(C)C[C@H]3C2=O)sc2c1CCCC2. The smallest absolute Gasteiger partial charge is 0.341 e. The van der Waals surface area contributed by atoms with E-state index in [2.05, 4.69) is 0 Å². The molecule has 2 aliphatic carbocycles. The molecule has 0 saturated carbocycles. The summed E-state index contributed by atoms with van der Waals surface area (Å²) in [6.07, 6.45) is 5.07. The number of aryl methyl sites for hydroxylation is 1. The molecule has 4 rings (SSSR count). The van der Waals surface area contributed by atoms with Gasteiger partial charge in [0.25, 0.3) is 0 Å². The van der Waals surface area contributed by atoms with E-state index in [1.807, 2.05) is 13.8 Å². The van der Waals surface area contributed by atoms with Crippen LogP contribution in [0.2, 0.25) is 0 Å². The lowest BCUT2D eigenvalue weighted by molar-refractivity contribution is -0.122. The monoisotopic (exact) mass is 387 g/mol. The van der Waals surface area contributed by atoms with E-state index in [0.717, 1.165) is 36.1 Å². The Kier molecular flexibility index (Phi) is 4.70. The topological polar surface area (TPSA) is 63.7 Å². The van der Waals surface area contributed by atoms with Crippen molar-refractivity contribution < 1.29 is 19.1 Å². The highest BCUT2D eigenvalue weighted by atomic mass is 32.1. The zero-order chi connectivity index (χ0) is 19.3. The minimum Gasteiger partial charge on any atom is -0.462 e. The van der Waals surface area contributed by atoms with Gasteiger partial charge in [-0.1, -0.05) is 11.1 Å². The van der Waals surface area contributed by atoms with Crippen molar-refractivity contribution in [3.05, 3.63) is 27.2 Å². The van der Waals surface area contributed by atoms with Crippen LogP contribution in [0, 0.1) is 11.8 Å². The van der Waals surface area contributed by atoms with E-state index >= 15 is 0 Å². The van der Waals surface area contributed by atoms with Crippen molar-refractivity contribution in [2.75, 3.05) is 11.5 Å². The molecular formula is C21H25NO4S. The number of thiophene rings is 1. The number of allylic oxidation sites excluding steroid dienone is 2. The molecule has 2 amide bonds. The van der Waals surface area contributed by atoms with Crippen molar-refractivity contribution >= 4 is 34.1 Å². The Balaban J connectivity index is 1.78. The van der Waals surface area contributed by atoms with Crippen molar-refractivity contribution in [1.82, 2.24) is 0 Å². The van der Waals surface area contributed by atoms with Crippen molar-refractivity contribution in [1.29, 1.82) is 0 Å². The van der Waals surface area contributed by atoms with E-state index in [9.17, 15) is 14.4 Å². The number of amides is 2. The van der Waals surface area contributed by atoms with Gasteiger partial charge >= 0.3 is 5.97 Å². The van der Waals surface area contributed by atoms with Crippen molar-refractivity contribution in [2.45, 2.75) is 59.3 Å². The van der Waals surface area contributed by atoms with Crippen LogP contribution in [0.25, 0.3) is 0 Å². The van der Waals surface area contributed by atoms with Crippen LogP contribution >= 0.6 is 11.3 Å². The number of hydrogen-bond donors (Lipinski definition) is 0. The quantitative estimate of drug-likeness (QED) is 0.446. The number of ether oxygens (including phenoxy) is 1. The fraction of sp³-hybridized carbons (Fsp3) is 0.571. The molecule has 1 fully saturated rings. The number of hydrogen-bond acceptors (Lipinski definition) is 5. The third-order valence-corrected chi connectivity index (χ3v) is 7.45. The molecule has 3 aliphatic rings. The Morgan fingerprint density at radius 2 is 1.67 bits per heavy atom. The van der Waals surface area contributed by atoms with Gasteiger partial charge in [0.15, 0.2) is 0 Å². The summed E-state index contributed by atoms with van der Waals surface area (Å²) < 4.78 is 5.29. The number of nitrogens with zero attached hydrogens (tertiary/aromatic N) is 1. The van der Waals surface area contributed by atoms with Crippen molar-refractivity contribution in [2.24, 2.45) is 11.8 Å². The summed E-state index contributed by atoms with van der Waals surface area (Å²) in [6, 6.07) is 0. The van der Waals surface area contributed by atoms with Gasteiger partial charge in [0.2, 0.25) is 11.8 Å². The summed E-state index contributed by atoms with van der Waals surface area (Å²) >= 11 is 1.44. The maximum atomic E-state index is 13.2. The average molecular weight is 388 g/mol. The molecule has 6 heteroatoms. The number of esters is 1. The molecule has 0 N–H and O–H groups in total. The maximum Gasteiger partial charge on any atom is 0.341 e. The van der Waals surface area contributed by atoms with Crippen LogP contribution in [0.4, 0.5) is 5.00 Å². The lowest BCUT2D eigenvalue weighted by atomic mass is 9.78. The molecule has 2 atom stereocenters. The van der Waals surface area contributed by atoms with E-state index in [0.29, 0.717) is 23.4 Å². The summed E-state index contributed by atoms with van der Waals surface area (Å²) in [4.78, 5) is 41.5. The minimum absolute atomic E-state index is 0.152. The third-order valence-electron chi connectivity index (χ3n) is 6.18. The number of carbonyl (C=O) groups excluding carboxylic acids is 3. The second-order valence-corrected chi connectivity index (χ2v) is 8.89. The van der Waals surface area contributed by atoms with Gasteiger partial charge in [-0.05, 0) is 64.9 Å². The fourth-order valence-electron chi connectivity index (χ4n) is 4.57. The van der Waals surface area contributed by atoms with E-state index in [4.69, 9.17) is 4.74 Å². The van der Waals surface area contributed by atoms with Crippen LogP contribution < -0.4 is 4.90 Å². The lowest BCUT2D eigenvalue weighted by Gasteiger charge is -2.23. The van der Waals surface area contributed by atoms with Gasteiger partial charge in [0.1, 0.15) is 5.00 Å². The summed E-state index contributed by atoms with van der Waals surface area (Å²) in [5.41, 5.74) is 3.85. The van der Waals surface area contributed by atoms with Gasteiger partial charge in [-0.25, -0.2) is 9.69 Å². The lowest BCUT2D eigenvalue weighted by Crippen LogP contribution is -2.31. The highest BCUT2D eigenvalue weighted by Crippen LogP contribution is 2.47. The van der Waals surface area contributed by atoms with E-state index in [-0.39, 0.29) is 30.3 Å². The van der Waals surface area contributed by atoms with E-state index < -0.39 is 5.97 Å². The van der Waals surface area contributed by atoms with Crippen LogP contribution in [0.15, 0.2) is 11.1 Å². The standard InChI is InChI=1S/C21H25NO4S/c1-4-26-21(25)17-13-7-5-6-8-16(13)27-20(17)22-18(23)14-9-11(2)12(3)10-15(14)19(22)24/h14-15H,4-10H2,1-3H3/t14-,15+. The first-order valence-corrected chi connectivity index (χ1v) is 10.6. The summed E-state index contributed by atoms with van der Waals surface area (Å²) in [5, 5.41) is 0.500. The zero-order valence-corrected chi connectivity index (χ0v) is 16.9. The molecule has 0 radical (unpaired) electrons. The first-order chi connectivity index (χ1) is 12.9. The van der Waals surface area contributed by atoms with Gasteiger partial charge in [-0.3, -0.25) is 9.59 Å². The van der Waals surface area contributed by atoms with Crippen LogP contribution in [0.5, 0.6) is 0 Å². The highest BCUT2D eigenvalue weighted by Gasteiger charge is 2.51. The Labute approximate surface area is 163 Å². The number of fused-ring (bicyclic) bond motifs is 2. The van der Waals surface area contributed by atoms with Crippen LogP contribution in [-0.2, 0) is 27.2 Å². The number of anilines is 1. The fourth-order valence-corrected chi connectivity index (χ4v) is 5.96. The van der Waals surface area contributed by atoms with Crippen molar-refractivity contribution in [3.8, 4) is 0 Å². The summed E-state index contributed by atoms with van der Waals surface area (Å²) in [7, 11) is 0. The van der Waals surface area contributed by atoms with Crippen molar-refractivity contribution in [3.63, 3.8) is 0 Å². The Morgan fingerprint density at radius 3 is 2.26 bits per heavy atom. The normalized spacial score (nSPS) is 24.9. The zero-order valence-electron chi connectivity index (χ0n) is 16.1.